The van der Waals surface area contributed by atoms with E-state index in [0.717, 1.165) is 0 Å². The Bertz CT molecular complexity index is 1120. The van der Waals surface area contributed by atoms with E-state index in [0.29, 0.717) is 27.9 Å². The van der Waals surface area contributed by atoms with E-state index in [2.05, 4.69) is 20.8 Å². The summed E-state index contributed by atoms with van der Waals surface area (Å²) in [4.78, 5) is 36.1. The van der Waals surface area contributed by atoms with Crippen LogP contribution in [-0.2, 0) is 24.1 Å². The first-order chi connectivity index (χ1) is 14.4. The third-order valence-corrected chi connectivity index (χ3v) is 5.27. The van der Waals surface area contributed by atoms with Gasteiger partial charge < -0.3 is 14.6 Å². The minimum atomic E-state index is -0.289. The van der Waals surface area contributed by atoms with Gasteiger partial charge in [0.2, 0.25) is 16.5 Å². The number of aromatic nitrogens is 5. The highest BCUT2D eigenvalue weighted by Crippen LogP contribution is 2.20. The van der Waals surface area contributed by atoms with Gasteiger partial charge in [-0.3, -0.25) is 14.4 Å². The number of aryl methyl sites for hydroxylation is 1. The van der Waals surface area contributed by atoms with Crippen molar-refractivity contribution in [2.24, 2.45) is 7.05 Å². The fraction of sp³-hybridized carbons (Fsp3) is 0.263. The Kier molecular flexibility index (Phi) is 6.62. The molecule has 0 fully saturated rings. The normalized spacial score (nSPS) is 10.6. The lowest BCUT2D eigenvalue weighted by molar-refractivity contribution is -0.116. The first-order valence-electron chi connectivity index (χ1n) is 8.90. The fourth-order valence-corrected chi connectivity index (χ4v) is 3.49. The van der Waals surface area contributed by atoms with Crippen molar-refractivity contribution in [3.05, 3.63) is 58.0 Å². The second kappa shape index (κ2) is 9.35. The van der Waals surface area contributed by atoms with Crippen LogP contribution < -0.4 is 15.5 Å². The number of methoxy groups -OCH3 is 1. The van der Waals surface area contributed by atoms with Gasteiger partial charge in [0.25, 0.3) is 0 Å². The number of carbonyl (C=O) groups excluding carboxylic acids is 2. The fourth-order valence-electron chi connectivity index (χ4n) is 2.64. The molecule has 1 aromatic carbocycles. The minimum Gasteiger partial charge on any atom is -0.491 e. The SMILES string of the molecule is COc1cn(CC(=O)Nc2ccc(C(C)=O)cc2)c(CSc2nnnn2C)cc1=O. The molecule has 10 nitrogen and oxygen atoms in total. The van der Waals surface area contributed by atoms with Crippen molar-refractivity contribution in [3.8, 4) is 5.75 Å². The molecule has 2 heterocycles. The zero-order valence-electron chi connectivity index (χ0n) is 16.7. The maximum Gasteiger partial charge on any atom is 0.244 e. The summed E-state index contributed by atoms with van der Waals surface area (Å²) in [5, 5.41) is 14.6. The number of pyridine rings is 1. The number of ketones is 1. The number of rotatable bonds is 8. The number of nitrogens with zero attached hydrogens (tertiary/aromatic N) is 5. The standard InChI is InChI=1S/C19H20N6O4S/c1-12(26)13-4-6-14(7-5-13)20-18(28)10-25-9-17(29-3)16(27)8-15(25)11-30-19-21-22-23-24(19)2/h4-9H,10-11H2,1-3H3,(H,20,28). The molecule has 0 bridgehead atoms. The molecular weight excluding hydrogens is 408 g/mol. The van der Waals surface area contributed by atoms with E-state index < -0.39 is 0 Å². The number of tetrazole rings is 1. The van der Waals surface area contributed by atoms with Crippen LogP contribution in [0.1, 0.15) is 23.0 Å². The summed E-state index contributed by atoms with van der Waals surface area (Å²) in [5.41, 5.74) is 1.48. The molecule has 11 heteroatoms. The first kappa shape index (κ1) is 21.2. The molecule has 0 saturated carbocycles. The van der Waals surface area contributed by atoms with Crippen LogP contribution in [0, 0.1) is 0 Å². The van der Waals surface area contributed by atoms with Crippen LogP contribution in [0.4, 0.5) is 5.69 Å². The summed E-state index contributed by atoms with van der Waals surface area (Å²) < 4.78 is 8.28. The number of benzene rings is 1. The molecule has 2 aromatic heterocycles. The zero-order chi connectivity index (χ0) is 21.7. The van der Waals surface area contributed by atoms with Crippen LogP contribution in [0.2, 0.25) is 0 Å². The van der Waals surface area contributed by atoms with Crippen molar-refractivity contribution in [2.75, 3.05) is 12.4 Å². The second-order valence-electron chi connectivity index (χ2n) is 6.38. The summed E-state index contributed by atoms with van der Waals surface area (Å²) in [6, 6.07) is 8.07. The topological polar surface area (TPSA) is 121 Å². The van der Waals surface area contributed by atoms with Crippen molar-refractivity contribution in [1.82, 2.24) is 24.8 Å². The van der Waals surface area contributed by atoms with E-state index in [1.54, 1.807) is 35.9 Å². The van der Waals surface area contributed by atoms with Gasteiger partial charge in [-0.2, -0.15) is 0 Å². The van der Waals surface area contributed by atoms with Crippen LogP contribution in [0.25, 0.3) is 0 Å². The summed E-state index contributed by atoms with van der Waals surface area (Å²) in [6.07, 6.45) is 1.51. The average molecular weight is 428 g/mol. The Balaban J connectivity index is 1.77. The van der Waals surface area contributed by atoms with E-state index in [9.17, 15) is 14.4 Å². The second-order valence-corrected chi connectivity index (χ2v) is 7.32. The van der Waals surface area contributed by atoms with Gasteiger partial charge >= 0.3 is 0 Å². The first-order valence-corrected chi connectivity index (χ1v) is 9.89. The molecule has 0 aliphatic rings. The summed E-state index contributed by atoms with van der Waals surface area (Å²) in [5.74, 6) is 0.188. The van der Waals surface area contributed by atoms with Gasteiger partial charge in [-0.05, 0) is 41.6 Å². The van der Waals surface area contributed by atoms with E-state index in [-0.39, 0.29) is 29.4 Å². The van der Waals surface area contributed by atoms with Gasteiger partial charge in [0.05, 0.1) is 13.3 Å². The van der Waals surface area contributed by atoms with Crippen LogP contribution in [0.15, 0.2) is 46.5 Å². The highest BCUT2D eigenvalue weighted by molar-refractivity contribution is 7.98. The van der Waals surface area contributed by atoms with Gasteiger partial charge in [0, 0.05) is 35.8 Å². The number of ether oxygens (including phenoxy) is 1. The average Bonchev–Trinajstić information content (AvgIpc) is 3.13. The van der Waals surface area contributed by atoms with Crippen molar-refractivity contribution in [2.45, 2.75) is 24.4 Å². The Labute approximate surface area is 176 Å². The molecule has 0 aliphatic carbocycles. The molecule has 1 amide bonds. The smallest absolute Gasteiger partial charge is 0.244 e. The Morgan fingerprint density at radius 2 is 1.97 bits per heavy atom. The Morgan fingerprint density at radius 3 is 2.57 bits per heavy atom. The third kappa shape index (κ3) is 5.11. The largest absolute Gasteiger partial charge is 0.491 e. The predicted molar refractivity (Wildman–Crippen MR) is 111 cm³/mol. The number of carbonyl (C=O) groups is 2. The zero-order valence-corrected chi connectivity index (χ0v) is 17.5. The van der Waals surface area contributed by atoms with Gasteiger partial charge in [-0.15, -0.1) is 5.10 Å². The van der Waals surface area contributed by atoms with E-state index in [4.69, 9.17) is 4.74 Å². The molecular formula is C19H20N6O4S. The van der Waals surface area contributed by atoms with E-state index in [1.807, 2.05) is 0 Å². The molecule has 0 aliphatic heterocycles. The lowest BCUT2D eigenvalue weighted by Crippen LogP contribution is -2.22. The number of anilines is 1. The van der Waals surface area contributed by atoms with Crippen LogP contribution in [-0.4, -0.2) is 43.6 Å². The molecule has 0 spiro atoms. The van der Waals surface area contributed by atoms with E-state index >= 15 is 0 Å². The number of amides is 1. The molecule has 0 saturated heterocycles. The number of hydrogen-bond donors (Lipinski definition) is 1. The molecule has 0 atom stereocenters. The lowest BCUT2D eigenvalue weighted by Gasteiger charge is -2.14. The monoisotopic (exact) mass is 428 g/mol. The summed E-state index contributed by atoms with van der Waals surface area (Å²) in [6.45, 7) is 1.45. The van der Waals surface area contributed by atoms with E-state index in [1.165, 1.54) is 42.7 Å². The number of nitrogens with one attached hydrogen (secondary N) is 1. The lowest BCUT2D eigenvalue weighted by atomic mass is 10.1. The molecule has 30 heavy (non-hydrogen) atoms. The number of hydrogen-bond acceptors (Lipinski definition) is 8. The molecule has 1 N–H and O–H groups in total. The quantitative estimate of drug-likeness (QED) is 0.423. The highest BCUT2D eigenvalue weighted by Gasteiger charge is 2.13. The molecule has 3 aromatic rings. The third-order valence-electron chi connectivity index (χ3n) is 4.22. The van der Waals surface area contributed by atoms with Crippen LogP contribution in [0.5, 0.6) is 5.75 Å². The van der Waals surface area contributed by atoms with Gasteiger partial charge in [-0.25, -0.2) is 4.68 Å². The van der Waals surface area contributed by atoms with Gasteiger partial charge in [-0.1, -0.05) is 11.8 Å². The van der Waals surface area contributed by atoms with Gasteiger partial charge in [0.1, 0.15) is 6.54 Å². The number of Topliss-reactive ketones (excluding diaryl/α,β-unsaturated/α-hetero) is 1. The highest BCUT2D eigenvalue weighted by atomic mass is 32.2. The van der Waals surface area contributed by atoms with Crippen molar-refractivity contribution < 1.29 is 14.3 Å². The maximum atomic E-state index is 12.6. The molecule has 156 valence electrons. The molecule has 3 rings (SSSR count). The van der Waals surface area contributed by atoms with Crippen molar-refractivity contribution in [1.29, 1.82) is 0 Å². The maximum absolute atomic E-state index is 12.6. The summed E-state index contributed by atoms with van der Waals surface area (Å²) in [7, 11) is 3.12. The summed E-state index contributed by atoms with van der Waals surface area (Å²) >= 11 is 1.34. The Morgan fingerprint density at radius 1 is 1.23 bits per heavy atom. The van der Waals surface area contributed by atoms with Crippen molar-refractivity contribution in [3.63, 3.8) is 0 Å². The van der Waals surface area contributed by atoms with Crippen molar-refractivity contribution >= 4 is 29.1 Å². The van der Waals surface area contributed by atoms with Crippen LogP contribution >= 0.6 is 11.8 Å². The molecule has 0 radical (unpaired) electrons. The minimum absolute atomic E-state index is 0.0297. The van der Waals surface area contributed by atoms with Crippen LogP contribution in [0.3, 0.4) is 0 Å². The Hall–Kier alpha value is -3.47. The van der Waals surface area contributed by atoms with Gasteiger partial charge in [0.15, 0.2) is 11.5 Å². The number of thioether (sulfide) groups is 1. The predicted octanol–water partition coefficient (Wildman–Crippen LogP) is 1.51. The molecule has 0 unspecified atom stereocenters.